The maximum absolute atomic E-state index is 13.4. The molecule has 1 amide bonds. The number of carbonyl (C=O) groups excluding carboxylic acids is 1. The van der Waals surface area contributed by atoms with Crippen LogP contribution in [0.3, 0.4) is 0 Å². The number of hydrogen-bond acceptors (Lipinski definition) is 4. The summed E-state index contributed by atoms with van der Waals surface area (Å²) in [5.41, 5.74) is 1.90. The first kappa shape index (κ1) is 21.6. The van der Waals surface area contributed by atoms with Crippen LogP contribution in [0.15, 0.2) is 59.8 Å². The number of rotatable bonds is 6. The van der Waals surface area contributed by atoms with E-state index in [2.05, 4.69) is 22.3 Å². The number of halogens is 1. The molecule has 31 heavy (non-hydrogen) atoms. The van der Waals surface area contributed by atoms with Crippen LogP contribution in [0.25, 0.3) is 11.4 Å². The smallest absolute Gasteiger partial charge is 0.235 e. The number of thioether (sulfide) groups is 1. The standard InChI is InChI=1S/C24H27FN4OS/c1-18(23(30)28-15-7-2-3-8-16-28)31-24-27-26-22(20-11-13-21(25)14-12-20)29(24)17-19-9-5-4-6-10-19/h4-6,9-14,18H,2-3,7-8,15-17H2,1H3. The highest BCUT2D eigenvalue weighted by atomic mass is 32.2. The molecular weight excluding hydrogens is 411 g/mol. The second-order valence-electron chi connectivity index (χ2n) is 7.88. The van der Waals surface area contributed by atoms with E-state index in [1.165, 1.54) is 36.7 Å². The maximum atomic E-state index is 13.4. The number of nitrogens with zero attached hydrogens (tertiary/aromatic N) is 4. The molecule has 1 aliphatic rings. The molecule has 1 aliphatic heterocycles. The minimum absolute atomic E-state index is 0.157. The van der Waals surface area contributed by atoms with Crippen molar-refractivity contribution in [3.05, 3.63) is 66.0 Å². The lowest BCUT2D eigenvalue weighted by atomic mass is 10.2. The lowest BCUT2D eigenvalue weighted by Gasteiger charge is -2.23. The highest BCUT2D eigenvalue weighted by Gasteiger charge is 2.25. The van der Waals surface area contributed by atoms with Crippen molar-refractivity contribution in [3.8, 4) is 11.4 Å². The van der Waals surface area contributed by atoms with Crippen LogP contribution in [0.4, 0.5) is 4.39 Å². The van der Waals surface area contributed by atoms with Crippen LogP contribution in [-0.2, 0) is 11.3 Å². The summed E-state index contributed by atoms with van der Waals surface area (Å²) in [6.07, 6.45) is 4.53. The second-order valence-corrected chi connectivity index (χ2v) is 9.19. The molecule has 2 aromatic carbocycles. The predicted molar refractivity (Wildman–Crippen MR) is 121 cm³/mol. The Labute approximate surface area is 186 Å². The molecule has 0 aliphatic carbocycles. The van der Waals surface area contributed by atoms with Crippen molar-refractivity contribution in [3.63, 3.8) is 0 Å². The van der Waals surface area contributed by atoms with Gasteiger partial charge in [0.25, 0.3) is 0 Å². The number of carbonyl (C=O) groups is 1. The first-order valence-electron chi connectivity index (χ1n) is 10.8. The van der Waals surface area contributed by atoms with Gasteiger partial charge in [0.05, 0.1) is 11.8 Å². The summed E-state index contributed by atoms with van der Waals surface area (Å²) in [5.74, 6) is 0.536. The van der Waals surface area contributed by atoms with Crippen LogP contribution in [0.2, 0.25) is 0 Å². The molecule has 162 valence electrons. The Balaban J connectivity index is 1.60. The minimum Gasteiger partial charge on any atom is -0.342 e. The molecule has 1 atom stereocenters. The lowest BCUT2D eigenvalue weighted by molar-refractivity contribution is -0.130. The predicted octanol–water partition coefficient (Wildman–Crippen LogP) is 5.02. The van der Waals surface area contributed by atoms with Crippen LogP contribution in [0.1, 0.15) is 38.2 Å². The molecule has 7 heteroatoms. The third-order valence-electron chi connectivity index (χ3n) is 5.55. The quantitative estimate of drug-likeness (QED) is 0.508. The van der Waals surface area contributed by atoms with Crippen LogP contribution >= 0.6 is 11.8 Å². The summed E-state index contributed by atoms with van der Waals surface area (Å²) in [6.45, 7) is 4.19. The molecule has 4 rings (SSSR count). The third-order valence-corrected chi connectivity index (χ3v) is 6.62. The molecular formula is C24H27FN4OS. The van der Waals surface area contributed by atoms with Crippen molar-refractivity contribution in [2.45, 2.75) is 49.6 Å². The van der Waals surface area contributed by atoms with E-state index in [0.29, 0.717) is 17.5 Å². The zero-order valence-corrected chi connectivity index (χ0v) is 18.5. The molecule has 5 nitrogen and oxygen atoms in total. The monoisotopic (exact) mass is 438 g/mol. The van der Waals surface area contributed by atoms with E-state index in [9.17, 15) is 9.18 Å². The normalized spacial score (nSPS) is 15.5. The molecule has 0 N–H and O–H groups in total. The number of amides is 1. The zero-order chi connectivity index (χ0) is 21.6. The topological polar surface area (TPSA) is 51.0 Å². The van der Waals surface area contributed by atoms with Gasteiger partial charge in [-0.2, -0.15) is 0 Å². The van der Waals surface area contributed by atoms with E-state index in [1.54, 1.807) is 12.1 Å². The first-order valence-corrected chi connectivity index (χ1v) is 11.7. The van der Waals surface area contributed by atoms with Gasteiger partial charge < -0.3 is 4.90 Å². The van der Waals surface area contributed by atoms with Gasteiger partial charge in [-0.3, -0.25) is 9.36 Å². The summed E-state index contributed by atoms with van der Waals surface area (Å²) in [7, 11) is 0. The Kier molecular flexibility index (Phi) is 7.02. The molecule has 1 unspecified atom stereocenters. The van der Waals surface area contributed by atoms with E-state index < -0.39 is 0 Å². The number of hydrogen-bond donors (Lipinski definition) is 0. The van der Waals surface area contributed by atoms with Gasteiger partial charge in [0, 0.05) is 18.7 Å². The van der Waals surface area contributed by atoms with Crippen molar-refractivity contribution >= 4 is 17.7 Å². The van der Waals surface area contributed by atoms with Crippen molar-refractivity contribution in [1.82, 2.24) is 19.7 Å². The maximum Gasteiger partial charge on any atom is 0.235 e. The van der Waals surface area contributed by atoms with Gasteiger partial charge in [-0.05, 0) is 49.6 Å². The highest BCUT2D eigenvalue weighted by Crippen LogP contribution is 2.29. The molecule has 1 aromatic heterocycles. The van der Waals surface area contributed by atoms with Gasteiger partial charge in [0.1, 0.15) is 5.82 Å². The molecule has 0 spiro atoms. The third kappa shape index (κ3) is 5.34. The fourth-order valence-corrected chi connectivity index (χ4v) is 4.79. The van der Waals surface area contributed by atoms with Gasteiger partial charge in [-0.15, -0.1) is 10.2 Å². The van der Waals surface area contributed by atoms with Gasteiger partial charge in [0.2, 0.25) is 5.91 Å². The summed E-state index contributed by atoms with van der Waals surface area (Å²) in [4.78, 5) is 15.0. The number of likely N-dealkylation sites (tertiary alicyclic amines) is 1. The fourth-order valence-electron chi connectivity index (χ4n) is 3.85. The molecule has 0 radical (unpaired) electrons. The summed E-state index contributed by atoms with van der Waals surface area (Å²) in [5, 5.41) is 9.25. The molecule has 1 saturated heterocycles. The Hall–Kier alpha value is -2.67. The average molecular weight is 439 g/mol. The van der Waals surface area contributed by atoms with E-state index in [4.69, 9.17) is 0 Å². The zero-order valence-electron chi connectivity index (χ0n) is 17.7. The van der Waals surface area contributed by atoms with Crippen LogP contribution in [0.5, 0.6) is 0 Å². The van der Waals surface area contributed by atoms with Crippen LogP contribution in [-0.4, -0.2) is 43.9 Å². The van der Waals surface area contributed by atoms with Crippen molar-refractivity contribution in [2.24, 2.45) is 0 Å². The van der Waals surface area contributed by atoms with E-state index >= 15 is 0 Å². The largest absolute Gasteiger partial charge is 0.342 e. The average Bonchev–Trinajstić information content (AvgIpc) is 2.99. The Morgan fingerprint density at radius 3 is 2.35 bits per heavy atom. The van der Waals surface area contributed by atoms with Gasteiger partial charge >= 0.3 is 0 Å². The minimum atomic E-state index is -0.288. The van der Waals surface area contributed by atoms with Crippen molar-refractivity contribution in [2.75, 3.05) is 13.1 Å². The molecule has 0 saturated carbocycles. The SMILES string of the molecule is CC(Sc1nnc(-c2ccc(F)cc2)n1Cc1ccccc1)C(=O)N1CCCCCC1. The van der Waals surface area contributed by atoms with Gasteiger partial charge in [0.15, 0.2) is 11.0 Å². The van der Waals surface area contributed by atoms with Gasteiger partial charge in [-0.25, -0.2) is 4.39 Å². The highest BCUT2D eigenvalue weighted by molar-refractivity contribution is 8.00. The summed E-state index contributed by atoms with van der Waals surface area (Å²) >= 11 is 1.44. The van der Waals surface area contributed by atoms with E-state index in [0.717, 1.165) is 37.1 Å². The number of benzene rings is 2. The first-order chi connectivity index (χ1) is 15.1. The second kappa shape index (κ2) is 10.1. The van der Waals surface area contributed by atoms with Crippen LogP contribution in [0, 0.1) is 5.82 Å². The van der Waals surface area contributed by atoms with Crippen LogP contribution < -0.4 is 0 Å². The van der Waals surface area contributed by atoms with Crippen molar-refractivity contribution in [1.29, 1.82) is 0 Å². The van der Waals surface area contributed by atoms with Gasteiger partial charge in [-0.1, -0.05) is 54.9 Å². The Morgan fingerprint density at radius 1 is 1.00 bits per heavy atom. The lowest BCUT2D eigenvalue weighted by Crippen LogP contribution is -2.37. The molecule has 1 fully saturated rings. The molecule has 3 aromatic rings. The molecule has 2 heterocycles. The van der Waals surface area contributed by atoms with E-state index in [-0.39, 0.29) is 17.0 Å². The van der Waals surface area contributed by atoms with E-state index in [1.807, 2.05) is 34.6 Å². The molecule has 0 bridgehead atoms. The fraction of sp³-hybridized carbons (Fsp3) is 0.375. The Bertz CT molecular complexity index is 998. The summed E-state index contributed by atoms with van der Waals surface area (Å²) < 4.78 is 15.4. The summed E-state index contributed by atoms with van der Waals surface area (Å²) in [6, 6.07) is 16.3. The number of aromatic nitrogens is 3. The Morgan fingerprint density at radius 2 is 1.68 bits per heavy atom. The van der Waals surface area contributed by atoms with Crippen molar-refractivity contribution < 1.29 is 9.18 Å².